The van der Waals surface area contributed by atoms with Gasteiger partial charge in [0.15, 0.2) is 5.76 Å². The van der Waals surface area contributed by atoms with Gasteiger partial charge in [0.2, 0.25) is 11.2 Å². The maximum atomic E-state index is 13.6. The van der Waals surface area contributed by atoms with E-state index in [1.165, 1.54) is 6.07 Å². The standard InChI is InChI=1S/C30H24O6/c1-33-23-14-12-22(13-15-23)29-30(35-19-21-10-6-3-7-11-21)28(32)27-25(31)16-24(17-26(27)36-29)34-18-20-8-4-2-5-9-20/h2-17,31H,18-19H2,1H3. The summed E-state index contributed by atoms with van der Waals surface area (Å²) in [5.41, 5.74) is 2.23. The maximum Gasteiger partial charge on any atom is 0.239 e. The van der Waals surface area contributed by atoms with E-state index in [9.17, 15) is 9.90 Å². The highest BCUT2D eigenvalue weighted by Gasteiger charge is 2.21. The maximum absolute atomic E-state index is 13.6. The number of benzene rings is 4. The molecule has 5 rings (SSSR count). The third-order valence-electron chi connectivity index (χ3n) is 5.73. The lowest BCUT2D eigenvalue weighted by molar-refractivity contribution is 0.296. The van der Waals surface area contributed by atoms with Gasteiger partial charge in [-0.1, -0.05) is 60.7 Å². The first-order chi connectivity index (χ1) is 17.6. The van der Waals surface area contributed by atoms with Crippen molar-refractivity contribution in [3.8, 4) is 34.3 Å². The number of hydrogen-bond donors (Lipinski definition) is 1. The Hall–Kier alpha value is -4.71. The van der Waals surface area contributed by atoms with Crippen LogP contribution in [0.5, 0.6) is 23.0 Å². The van der Waals surface area contributed by atoms with Crippen LogP contribution in [0.4, 0.5) is 0 Å². The fourth-order valence-electron chi connectivity index (χ4n) is 3.88. The summed E-state index contributed by atoms with van der Waals surface area (Å²) in [7, 11) is 1.58. The van der Waals surface area contributed by atoms with Gasteiger partial charge in [0.25, 0.3) is 0 Å². The molecule has 0 unspecified atom stereocenters. The van der Waals surface area contributed by atoms with E-state index in [0.29, 0.717) is 23.7 Å². The largest absolute Gasteiger partial charge is 0.507 e. The Bertz CT molecular complexity index is 1520. The molecule has 0 radical (unpaired) electrons. The zero-order chi connectivity index (χ0) is 24.9. The second-order valence-electron chi connectivity index (χ2n) is 8.18. The van der Waals surface area contributed by atoms with E-state index in [1.54, 1.807) is 37.4 Å². The Kier molecular flexibility index (Phi) is 6.58. The summed E-state index contributed by atoms with van der Waals surface area (Å²) in [4.78, 5) is 13.6. The van der Waals surface area contributed by atoms with Gasteiger partial charge >= 0.3 is 0 Å². The Morgan fingerprint density at radius 3 is 1.97 bits per heavy atom. The van der Waals surface area contributed by atoms with Crippen LogP contribution in [-0.4, -0.2) is 12.2 Å². The average Bonchev–Trinajstić information content (AvgIpc) is 2.92. The fraction of sp³-hybridized carbons (Fsp3) is 0.100. The number of fused-ring (bicyclic) bond motifs is 1. The minimum Gasteiger partial charge on any atom is -0.507 e. The van der Waals surface area contributed by atoms with Gasteiger partial charge in [0, 0.05) is 17.7 Å². The Balaban J connectivity index is 1.58. The molecule has 1 heterocycles. The molecule has 0 aliphatic heterocycles. The van der Waals surface area contributed by atoms with E-state index in [-0.39, 0.29) is 34.8 Å². The number of phenols is 1. The van der Waals surface area contributed by atoms with Crippen LogP contribution >= 0.6 is 0 Å². The molecule has 1 aromatic heterocycles. The third kappa shape index (κ3) is 4.88. The van der Waals surface area contributed by atoms with Gasteiger partial charge < -0.3 is 23.7 Å². The van der Waals surface area contributed by atoms with Gasteiger partial charge in [-0.15, -0.1) is 0 Å². The van der Waals surface area contributed by atoms with Crippen LogP contribution in [0, 0.1) is 0 Å². The van der Waals surface area contributed by atoms with Crippen molar-refractivity contribution in [3.63, 3.8) is 0 Å². The number of aromatic hydroxyl groups is 1. The van der Waals surface area contributed by atoms with Crippen LogP contribution in [-0.2, 0) is 13.2 Å². The molecule has 0 saturated heterocycles. The molecule has 0 bridgehead atoms. The van der Waals surface area contributed by atoms with Gasteiger partial charge in [-0.05, 0) is 35.4 Å². The van der Waals surface area contributed by atoms with Crippen molar-refractivity contribution in [2.75, 3.05) is 7.11 Å². The van der Waals surface area contributed by atoms with Crippen molar-refractivity contribution in [2.24, 2.45) is 0 Å². The predicted octanol–water partition coefficient (Wildman–Crippen LogP) is 6.33. The summed E-state index contributed by atoms with van der Waals surface area (Å²) in [6, 6.07) is 29.3. The highest BCUT2D eigenvalue weighted by atomic mass is 16.5. The molecular formula is C30H24O6. The first-order valence-electron chi connectivity index (χ1n) is 11.4. The molecule has 4 aromatic carbocycles. The molecule has 0 aliphatic carbocycles. The Morgan fingerprint density at radius 1 is 0.750 bits per heavy atom. The highest BCUT2D eigenvalue weighted by Crippen LogP contribution is 2.37. The molecule has 180 valence electrons. The lowest BCUT2D eigenvalue weighted by Gasteiger charge is -2.14. The second kappa shape index (κ2) is 10.3. The number of phenolic OH excluding ortho intramolecular Hbond substituents is 1. The molecule has 6 nitrogen and oxygen atoms in total. The zero-order valence-electron chi connectivity index (χ0n) is 19.6. The smallest absolute Gasteiger partial charge is 0.239 e. The van der Waals surface area contributed by atoms with E-state index in [4.69, 9.17) is 18.6 Å². The lowest BCUT2D eigenvalue weighted by atomic mass is 10.1. The topological polar surface area (TPSA) is 78.1 Å². The van der Waals surface area contributed by atoms with E-state index in [0.717, 1.165) is 11.1 Å². The molecule has 0 fully saturated rings. The van der Waals surface area contributed by atoms with Crippen molar-refractivity contribution in [1.82, 2.24) is 0 Å². The monoisotopic (exact) mass is 480 g/mol. The van der Waals surface area contributed by atoms with Crippen LogP contribution in [0.2, 0.25) is 0 Å². The van der Waals surface area contributed by atoms with Crippen LogP contribution in [0.25, 0.3) is 22.3 Å². The lowest BCUT2D eigenvalue weighted by Crippen LogP contribution is -2.10. The summed E-state index contributed by atoms with van der Waals surface area (Å²) >= 11 is 0. The SMILES string of the molecule is COc1ccc(-c2oc3cc(OCc4ccccc4)cc(O)c3c(=O)c2OCc2ccccc2)cc1. The van der Waals surface area contributed by atoms with Crippen LogP contribution in [0.15, 0.2) is 106 Å². The predicted molar refractivity (Wildman–Crippen MR) is 138 cm³/mol. The van der Waals surface area contributed by atoms with Crippen LogP contribution in [0.1, 0.15) is 11.1 Å². The molecule has 0 atom stereocenters. The minimum atomic E-state index is -0.467. The second-order valence-corrected chi connectivity index (χ2v) is 8.18. The molecular weight excluding hydrogens is 456 g/mol. The van der Waals surface area contributed by atoms with Crippen molar-refractivity contribution in [2.45, 2.75) is 13.2 Å². The highest BCUT2D eigenvalue weighted by molar-refractivity contribution is 5.88. The average molecular weight is 481 g/mol. The minimum absolute atomic E-state index is 0.0183. The first-order valence-corrected chi connectivity index (χ1v) is 11.4. The summed E-state index contributed by atoms with van der Waals surface area (Å²) in [5, 5.41) is 10.8. The molecule has 0 amide bonds. The van der Waals surface area contributed by atoms with Gasteiger partial charge in [-0.3, -0.25) is 4.79 Å². The van der Waals surface area contributed by atoms with Crippen molar-refractivity contribution >= 4 is 11.0 Å². The number of hydrogen-bond acceptors (Lipinski definition) is 6. The van der Waals surface area contributed by atoms with E-state index in [2.05, 4.69) is 0 Å². The first kappa shape index (κ1) is 23.1. The summed E-state index contributed by atoms with van der Waals surface area (Å²) < 4.78 is 23.3. The molecule has 36 heavy (non-hydrogen) atoms. The van der Waals surface area contributed by atoms with E-state index < -0.39 is 5.43 Å². The molecule has 5 aromatic rings. The van der Waals surface area contributed by atoms with Crippen LogP contribution < -0.4 is 19.6 Å². The number of ether oxygens (including phenoxy) is 3. The number of methoxy groups -OCH3 is 1. The molecule has 6 heteroatoms. The molecule has 0 aliphatic rings. The molecule has 0 saturated carbocycles. The molecule has 0 spiro atoms. The van der Waals surface area contributed by atoms with E-state index in [1.807, 2.05) is 60.7 Å². The van der Waals surface area contributed by atoms with Gasteiger partial charge in [0.1, 0.15) is 41.4 Å². The summed E-state index contributed by atoms with van der Waals surface area (Å²) in [5.74, 6) is 1.08. The van der Waals surface area contributed by atoms with E-state index >= 15 is 0 Å². The quantitative estimate of drug-likeness (QED) is 0.280. The fourth-order valence-corrected chi connectivity index (χ4v) is 3.88. The normalized spacial score (nSPS) is 10.8. The molecule has 1 N–H and O–H groups in total. The Labute approximate surface area is 207 Å². The Morgan fingerprint density at radius 2 is 1.36 bits per heavy atom. The third-order valence-corrected chi connectivity index (χ3v) is 5.73. The van der Waals surface area contributed by atoms with Gasteiger partial charge in [-0.25, -0.2) is 0 Å². The van der Waals surface area contributed by atoms with Crippen molar-refractivity contribution in [3.05, 3.63) is 118 Å². The summed E-state index contributed by atoms with van der Waals surface area (Å²) in [6.07, 6.45) is 0. The van der Waals surface area contributed by atoms with Crippen LogP contribution in [0.3, 0.4) is 0 Å². The van der Waals surface area contributed by atoms with Gasteiger partial charge in [0.05, 0.1) is 7.11 Å². The summed E-state index contributed by atoms with van der Waals surface area (Å²) in [6.45, 7) is 0.471. The van der Waals surface area contributed by atoms with Crippen molar-refractivity contribution in [1.29, 1.82) is 0 Å². The number of rotatable bonds is 8. The van der Waals surface area contributed by atoms with Crippen molar-refractivity contribution < 1.29 is 23.7 Å². The zero-order valence-corrected chi connectivity index (χ0v) is 19.6. The van der Waals surface area contributed by atoms with Gasteiger partial charge in [-0.2, -0.15) is 0 Å².